The minimum absolute atomic E-state index is 0.795. The van der Waals surface area contributed by atoms with Gasteiger partial charge in [-0.15, -0.1) is 0 Å². The summed E-state index contributed by atoms with van der Waals surface area (Å²) in [5.41, 5.74) is 0. The van der Waals surface area contributed by atoms with Gasteiger partial charge in [0.2, 0.25) is 0 Å². The van der Waals surface area contributed by atoms with Crippen LogP contribution in [0.1, 0.15) is 47.5 Å². The molecule has 3 atom stereocenters. The lowest BCUT2D eigenvalue weighted by atomic mass is 9.55. The monoisotopic (exact) mass is 167 g/mol. The number of hydrogen-bond donors (Lipinski definition) is 0. The molecule has 0 aromatic carbocycles. The summed E-state index contributed by atoms with van der Waals surface area (Å²) >= 11 is 0. The zero-order chi connectivity index (χ0) is 9.56. The van der Waals surface area contributed by atoms with E-state index in [2.05, 4.69) is 41.9 Å². The molecule has 0 aliphatic heterocycles. The Morgan fingerprint density at radius 3 is 2.00 bits per heavy atom. The standard InChI is InChI=1S/C11H24B/c1-6-9(3)8-12-11(5)10(4)7-2/h9-11H,6-8H2,1-5H3. The van der Waals surface area contributed by atoms with Gasteiger partial charge in [-0.3, -0.25) is 0 Å². The van der Waals surface area contributed by atoms with Crippen LogP contribution in [-0.2, 0) is 0 Å². The predicted molar refractivity (Wildman–Crippen MR) is 58.9 cm³/mol. The van der Waals surface area contributed by atoms with Crippen LogP contribution in [0.5, 0.6) is 0 Å². The van der Waals surface area contributed by atoms with Crippen LogP contribution >= 0.6 is 0 Å². The summed E-state index contributed by atoms with van der Waals surface area (Å²) in [6, 6.07) is 0. The second kappa shape index (κ2) is 6.57. The van der Waals surface area contributed by atoms with Crippen molar-refractivity contribution < 1.29 is 0 Å². The van der Waals surface area contributed by atoms with Crippen LogP contribution in [-0.4, -0.2) is 7.28 Å². The van der Waals surface area contributed by atoms with Gasteiger partial charge in [0, 0.05) is 0 Å². The average Bonchev–Trinajstić information content (AvgIpc) is 2.11. The van der Waals surface area contributed by atoms with E-state index in [0.29, 0.717) is 0 Å². The van der Waals surface area contributed by atoms with Gasteiger partial charge in [-0.2, -0.15) is 0 Å². The Morgan fingerprint density at radius 1 is 1.00 bits per heavy atom. The van der Waals surface area contributed by atoms with Crippen molar-refractivity contribution in [2.24, 2.45) is 11.8 Å². The van der Waals surface area contributed by atoms with Crippen LogP contribution in [0.3, 0.4) is 0 Å². The van der Waals surface area contributed by atoms with E-state index in [4.69, 9.17) is 0 Å². The first-order valence-electron chi connectivity index (χ1n) is 5.45. The molecule has 1 radical (unpaired) electrons. The van der Waals surface area contributed by atoms with Gasteiger partial charge >= 0.3 is 0 Å². The summed E-state index contributed by atoms with van der Waals surface area (Å²) in [5.74, 6) is 2.52. The topological polar surface area (TPSA) is 0 Å². The lowest BCUT2D eigenvalue weighted by molar-refractivity contribution is 0.531. The van der Waals surface area contributed by atoms with E-state index >= 15 is 0 Å². The molecule has 0 rings (SSSR count). The molecular formula is C11H24B. The van der Waals surface area contributed by atoms with Crippen molar-refractivity contribution in [2.45, 2.75) is 59.6 Å². The van der Waals surface area contributed by atoms with Gasteiger partial charge in [0.1, 0.15) is 7.28 Å². The molecule has 71 valence electrons. The first kappa shape index (κ1) is 12.1. The molecule has 0 aromatic rings. The third-order valence-corrected chi connectivity index (χ3v) is 3.15. The van der Waals surface area contributed by atoms with Gasteiger partial charge in [-0.1, -0.05) is 65.5 Å². The molecule has 0 fully saturated rings. The highest BCUT2D eigenvalue weighted by Gasteiger charge is 2.12. The van der Waals surface area contributed by atoms with E-state index in [1.807, 2.05) is 0 Å². The first-order valence-corrected chi connectivity index (χ1v) is 5.45. The Bertz CT molecular complexity index is 101. The summed E-state index contributed by atoms with van der Waals surface area (Å²) in [6.07, 6.45) is 3.91. The molecule has 12 heavy (non-hydrogen) atoms. The minimum atomic E-state index is 0.795. The van der Waals surface area contributed by atoms with Crippen LogP contribution in [0.2, 0.25) is 12.1 Å². The summed E-state index contributed by atoms with van der Waals surface area (Å²) in [6.45, 7) is 11.6. The van der Waals surface area contributed by atoms with Gasteiger partial charge in [0.05, 0.1) is 0 Å². The second-order valence-electron chi connectivity index (χ2n) is 4.23. The zero-order valence-electron chi connectivity index (χ0n) is 9.43. The zero-order valence-corrected chi connectivity index (χ0v) is 9.43. The van der Waals surface area contributed by atoms with Crippen LogP contribution in [0.4, 0.5) is 0 Å². The fourth-order valence-electron chi connectivity index (χ4n) is 1.22. The largest absolute Gasteiger partial charge is 0.113 e. The maximum absolute atomic E-state index is 2.50. The van der Waals surface area contributed by atoms with E-state index in [1.54, 1.807) is 0 Å². The quantitative estimate of drug-likeness (QED) is 0.524. The lowest BCUT2D eigenvalue weighted by Gasteiger charge is -2.18. The van der Waals surface area contributed by atoms with Crippen molar-refractivity contribution in [1.29, 1.82) is 0 Å². The molecule has 0 nitrogen and oxygen atoms in total. The van der Waals surface area contributed by atoms with Crippen LogP contribution in [0.25, 0.3) is 0 Å². The fraction of sp³-hybridized carbons (Fsp3) is 1.00. The molecule has 0 aliphatic rings. The molecule has 0 amide bonds. The maximum Gasteiger partial charge on any atom is 0.113 e. The summed E-state index contributed by atoms with van der Waals surface area (Å²) in [7, 11) is 2.50. The first-order chi connectivity index (χ1) is 5.61. The highest BCUT2D eigenvalue weighted by molar-refractivity contribution is 6.37. The Morgan fingerprint density at radius 2 is 1.58 bits per heavy atom. The Balaban J connectivity index is 3.49. The molecule has 0 spiro atoms. The molecule has 0 aliphatic carbocycles. The van der Waals surface area contributed by atoms with Crippen molar-refractivity contribution in [1.82, 2.24) is 0 Å². The normalized spacial score (nSPS) is 18.4. The second-order valence-corrected chi connectivity index (χ2v) is 4.23. The van der Waals surface area contributed by atoms with Crippen LogP contribution < -0.4 is 0 Å². The van der Waals surface area contributed by atoms with Gasteiger partial charge in [0.25, 0.3) is 0 Å². The summed E-state index contributed by atoms with van der Waals surface area (Å²) < 4.78 is 0. The average molecular weight is 167 g/mol. The maximum atomic E-state index is 2.50. The molecule has 3 unspecified atom stereocenters. The van der Waals surface area contributed by atoms with Crippen molar-refractivity contribution in [3.63, 3.8) is 0 Å². The van der Waals surface area contributed by atoms with Crippen LogP contribution in [0, 0.1) is 11.8 Å². The molecule has 0 N–H and O–H groups in total. The minimum Gasteiger partial charge on any atom is -0.0775 e. The van der Waals surface area contributed by atoms with E-state index in [-0.39, 0.29) is 0 Å². The Hall–Kier alpha value is 0.0649. The summed E-state index contributed by atoms with van der Waals surface area (Å²) in [4.78, 5) is 0. The highest BCUT2D eigenvalue weighted by Crippen LogP contribution is 2.22. The molecule has 0 heterocycles. The summed E-state index contributed by atoms with van der Waals surface area (Å²) in [5, 5.41) is 0. The van der Waals surface area contributed by atoms with Crippen molar-refractivity contribution in [2.75, 3.05) is 0 Å². The van der Waals surface area contributed by atoms with Gasteiger partial charge in [-0.05, 0) is 5.92 Å². The Labute approximate surface area is 79.4 Å². The smallest absolute Gasteiger partial charge is 0.0775 e. The van der Waals surface area contributed by atoms with Crippen molar-refractivity contribution >= 4 is 7.28 Å². The van der Waals surface area contributed by atoms with E-state index in [1.165, 1.54) is 19.2 Å². The van der Waals surface area contributed by atoms with Crippen molar-refractivity contribution in [3.05, 3.63) is 0 Å². The molecule has 0 saturated heterocycles. The molecule has 0 saturated carbocycles. The SMILES string of the molecule is CCC(C)C[B]C(C)C(C)CC. The molecule has 0 aromatic heterocycles. The van der Waals surface area contributed by atoms with E-state index in [9.17, 15) is 0 Å². The number of hydrogen-bond acceptors (Lipinski definition) is 0. The van der Waals surface area contributed by atoms with Gasteiger partial charge in [-0.25, -0.2) is 0 Å². The van der Waals surface area contributed by atoms with Gasteiger partial charge < -0.3 is 0 Å². The molecule has 1 heteroatoms. The third-order valence-electron chi connectivity index (χ3n) is 3.15. The van der Waals surface area contributed by atoms with Gasteiger partial charge in [0.15, 0.2) is 0 Å². The Kier molecular flexibility index (Phi) is 6.60. The predicted octanol–water partition coefficient (Wildman–Crippen LogP) is 4.01. The molecular weight excluding hydrogens is 143 g/mol. The van der Waals surface area contributed by atoms with Crippen molar-refractivity contribution in [3.8, 4) is 0 Å². The fourth-order valence-corrected chi connectivity index (χ4v) is 1.22. The van der Waals surface area contributed by atoms with Crippen LogP contribution in [0.15, 0.2) is 0 Å². The third kappa shape index (κ3) is 4.85. The van der Waals surface area contributed by atoms with E-state index in [0.717, 1.165) is 17.7 Å². The lowest BCUT2D eigenvalue weighted by Crippen LogP contribution is -2.11. The highest BCUT2D eigenvalue weighted by atomic mass is 14.1. The van der Waals surface area contributed by atoms with E-state index < -0.39 is 0 Å². The molecule has 0 bridgehead atoms. The number of rotatable bonds is 6.